The minimum atomic E-state index is 0.125. The summed E-state index contributed by atoms with van der Waals surface area (Å²) in [7, 11) is 2.18. The summed E-state index contributed by atoms with van der Waals surface area (Å²) in [6.07, 6.45) is 3.92. The molecule has 0 unspecified atom stereocenters. The first-order valence-corrected chi connectivity index (χ1v) is 9.56. The molecule has 1 atom stereocenters. The molecule has 1 aromatic carbocycles. The molecule has 2 heterocycles. The van der Waals surface area contributed by atoms with Crippen molar-refractivity contribution in [3.63, 3.8) is 0 Å². The van der Waals surface area contributed by atoms with Gasteiger partial charge in [-0.15, -0.1) is 0 Å². The summed E-state index contributed by atoms with van der Waals surface area (Å²) in [6, 6.07) is 8.59. The number of hydrogen-bond acceptors (Lipinski definition) is 4. The molecule has 3 rings (SSSR count). The van der Waals surface area contributed by atoms with Crippen LogP contribution in [0.25, 0.3) is 0 Å². The lowest BCUT2D eigenvalue weighted by Gasteiger charge is -2.32. The average molecular weight is 345 g/mol. The molecule has 0 radical (unpaired) electrons. The number of hydrogen-bond donors (Lipinski definition) is 1. The van der Waals surface area contributed by atoms with Crippen molar-refractivity contribution in [1.29, 1.82) is 0 Å². The predicted octanol–water partition coefficient (Wildman–Crippen LogP) is 2.01. The van der Waals surface area contributed by atoms with Crippen LogP contribution in [0.2, 0.25) is 0 Å². The molecule has 1 amide bonds. The van der Waals surface area contributed by atoms with E-state index < -0.39 is 0 Å². The quantitative estimate of drug-likeness (QED) is 0.821. The first kappa shape index (κ1) is 18.4. The van der Waals surface area contributed by atoms with E-state index in [-0.39, 0.29) is 12.0 Å². The Morgan fingerprint density at radius 3 is 2.80 bits per heavy atom. The lowest BCUT2D eigenvalue weighted by atomic mass is 10.1. The maximum absolute atomic E-state index is 12.0. The molecule has 1 aromatic rings. The summed E-state index contributed by atoms with van der Waals surface area (Å²) in [4.78, 5) is 16.9. The smallest absolute Gasteiger partial charge is 0.220 e. The molecule has 25 heavy (non-hydrogen) atoms. The number of nitrogens with one attached hydrogen (secondary N) is 1. The maximum atomic E-state index is 12.0. The number of nitrogens with zero attached hydrogens (tertiary/aromatic N) is 2. The molecule has 138 valence electrons. The zero-order valence-corrected chi connectivity index (χ0v) is 15.4. The minimum absolute atomic E-state index is 0.125. The predicted molar refractivity (Wildman–Crippen MR) is 99.3 cm³/mol. The molecule has 2 aliphatic heterocycles. The summed E-state index contributed by atoms with van der Waals surface area (Å²) >= 11 is 0. The van der Waals surface area contributed by atoms with Crippen LogP contribution in [-0.2, 0) is 22.6 Å². The number of likely N-dealkylation sites (N-methyl/N-ethyl adjacent to an activating group) is 1. The molecule has 0 saturated carbocycles. The van der Waals surface area contributed by atoms with E-state index in [0.29, 0.717) is 13.0 Å². The highest BCUT2D eigenvalue weighted by Gasteiger charge is 2.17. The van der Waals surface area contributed by atoms with Crippen molar-refractivity contribution < 1.29 is 9.53 Å². The first-order chi connectivity index (χ1) is 12.2. The third kappa shape index (κ3) is 6.10. The van der Waals surface area contributed by atoms with Crippen LogP contribution in [0.1, 0.15) is 36.8 Å². The van der Waals surface area contributed by atoms with Gasteiger partial charge in [0.25, 0.3) is 0 Å². The molecule has 1 N–H and O–H groups in total. The molecule has 5 heteroatoms. The number of carbonyl (C=O) groups excluding carboxylic acids is 1. The van der Waals surface area contributed by atoms with E-state index in [4.69, 9.17) is 4.74 Å². The van der Waals surface area contributed by atoms with E-state index in [1.807, 2.05) is 0 Å². The van der Waals surface area contributed by atoms with Crippen molar-refractivity contribution in [2.45, 2.75) is 44.9 Å². The summed E-state index contributed by atoms with van der Waals surface area (Å²) in [5.41, 5.74) is 2.51. The molecule has 0 aliphatic carbocycles. The number of carbonyl (C=O) groups is 1. The van der Waals surface area contributed by atoms with E-state index in [9.17, 15) is 4.79 Å². The lowest BCUT2D eigenvalue weighted by Crippen LogP contribution is -2.43. The molecule has 0 spiro atoms. The second-order valence-corrected chi connectivity index (χ2v) is 7.35. The highest BCUT2D eigenvalue weighted by atomic mass is 16.5. The topological polar surface area (TPSA) is 44.8 Å². The fourth-order valence-corrected chi connectivity index (χ4v) is 3.56. The van der Waals surface area contributed by atoms with Gasteiger partial charge >= 0.3 is 0 Å². The zero-order valence-electron chi connectivity index (χ0n) is 15.4. The van der Waals surface area contributed by atoms with Crippen molar-refractivity contribution in [3.8, 4) is 0 Å². The number of piperazine rings is 1. The Morgan fingerprint density at radius 1 is 1.24 bits per heavy atom. The molecule has 0 aromatic heterocycles. The Balaban J connectivity index is 1.40. The molecule has 5 nitrogen and oxygen atoms in total. The van der Waals surface area contributed by atoms with Crippen LogP contribution in [0.3, 0.4) is 0 Å². The standard InChI is InChI=1S/C20H31N3O2/c1-22-9-11-23(12-10-22)16-18-5-2-4-17(14-18)15-21-20(24)8-7-19-6-3-13-25-19/h2,4-5,14,19H,3,6-13,15-16H2,1H3,(H,21,24)/t19-/m0/s1. The van der Waals surface area contributed by atoms with Gasteiger partial charge in [0.2, 0.25) is 5.91 Å². The van der Waals surface area contributed by atoms with Crippen LogP contribution in [-0.4, -0.2) is 61.6 Å². The Kier molecular flexibility index (Phi) is 6.84. The second-order valence-electron chi connectivity index (χ2n) is 7.35. The normalized spacial score (nSPS) is 22.2. The third-order valence-corrected chi connectivity index (χ3v) is 5.20. The summed E-state index contributed by atoms with van der Waals surface area (Å²) in [6.45, 7) is 6.99. The SMILES string of the molecule is CN1CCN(Cc2cccc(CNC(=O)CC[C@@H]3CCCO3)c2)CC1. The van der Waals surface area contributed by atoms with Gasteiger partial charge in [-0.25, -0.2) is 0 Å². The Hall–Kier alpha value is -1.43. The number of rotatable bonds is 7. The van der Waals surface area contributed by atoms with Gasteiger partial charge in [0, 0.05) is 52.3 Å². The zero-order chi connectivity index (χ0) is 17.5. The van der Waals surface area contributed by atoms with Gasteiger partial charge in [0.15, 0.2) is 0 Å². The van der Waals surface area contributed by atoms with Crippen molar-refractivity contribution in [3.05, 3.63) is 35.4 Å². The summed E-state index contributed by atoms with van der Waals surface area (Å²) in [5.74, 6) is 0.125. The van der Waals surface area contributed by atoms with Crippen LogP contribution in [0.5, 0.6) is 0 Å². The maximum Gasteiger partial charge on any atom is 0.220 e. The fraction of sp³-hybridized carbons (Fsp3) is 0.650. The number of benzene rings is 1. The Bertz CT molecular complexity index is 550. The molecular formula is C20H31N3O2. The van der Waals surface area contributed by atoms with E-state index in [1.165, 1.54) is 11.1 Å². The van der Waals surface area contributed by atoms with Gasteiger partial charge < -0.3 is 15.0 Å². The van der Waals surface area contributed by atoms with Crippen LogP contribution in [0, 0.1) is 0 Å². The summed E-state index contributed by atoms with van der Waals surface area (Å²) < 4.78 is 5.57. The molecule has 2 aliphatic rings. The highest BCUT2D eigenvalue weighted by Crippen LogP contribution is 2.16. The van der Waals surface area contributed by atoms with Gasteiger partial charge in [-0.05, 0) is 37.4 Å². The van der Waals surface area contributed by atoms with Gasteiger partial charge in [-0.2, -0.15) is 0 Å². The minimum Gasteiger partial charge on any atom is -0.378 e. The molecule has 2 saturated heterocycles. The van der Waals surface area contributed by atoms with Crippen LogP contribution < -0.4 is 5.32 Å². The van der Waals surface area contributed by atoms with Crippen LogP contribution >= 0.6 is 0 Å². The lowest BCUT2D eigenvalue weighted by molar-refractivity contribution is -0.121. The van der Waals surface area contributed by atoms with Crippen LogP contribution in [0.15, 0.2) is 24.3 Å². The van der Waals surface area contributed by atoms with Crippen molar-refractivity contribution in [2.75, 3.05) is 39.8 Å². The first-order valence-electron chi connectivity index (χ1n) is 9.56. The van der Waals surface area contributed by atoms with E-state index in [0.717, 1.165) is 58.6 Å². The number of ether oxygens (including phenoxy) is 1. The van der Waals surface area contributed by atoms with E-state index in [1.54, 1.807) is 0 Å². The van der Waals surface area contributed by atoms with E-state index >= 15 is 0 Å². The molecule has 0 bridgehead atoms. The van der Waals surface area contributed by atoms with Gasteiger partial charge in [0.05, 0.1) is 6.10 Å². The number of amides is 1. The van der Waals surface area contributed by atoms with E-state index in [2.05, 4.69) is 46.4 Å². The van der Waals surface area contributed by atoms with Crippen molar-refractivity contribution >= 4 is 5.91 Å². The third-order valence-electron chi connectivity index (χ3n) is 5.20. The van der Waals surface area contributed by atoms with Gasteiger partial charge in [0.1, 0.15) is 0 Å². The molecule has 2 fully saturated rings. The highest BCUT2D eigenvalue weighted by molar-refractivity contribution is 5.75. The van der Waals surface area contributed by atoms with Gasteiger partial charge in [-0.1, -0.05) is 24.3 Å². The van der Waals surface area contributed by atoms with Crippen LogP contribution in [0.4, 0.5) is 0 Å². The fourth-order valence-electron chi connectivity index (χ4n) is 3.56. The largest absolute Gasteiger partial charge is 0.378 e. The molecular weight excluding hydrogens is 314 g/mol. The average Bonchev–Trinajstić information content (AvgIpc) is 3.14. The Labute approximate surface area is 151 Å². The Morgan fingerprint density at radius 2 is 2.04 bits per heavy atom. The summed E-state index contributed by atoms with van der Waals surface area (Å²) in [5, 5.41) is 3.04. The van der Waals surface area contributed by atoms with Crippen molar-refractivity contribution in [1.82, 2.24) is 15.1 Å². The van der Waals surface area contributed by atoms with Gasteiger partial charge in [-0.3, -0.25) is 9.69 Å². The monoisotopic (exact) mass is 345 g/mol. The second kappa shape index (κ2) is 9.32. The van der Waals surface area contributed by atoms with Crippen molar-refractivity contribution in [2.24, 2.45) is 0 Å².